The van der Waals surface area contributed by atoms with E-state index < -0.39 is 6.10 Å². The molecule has 0 aliphatic carbocycles. The number of aromatic nitrogens is 2. The molecule has 0 bridgehead atoms. The highest BCUT2D eigenvalue weighted by Crippen LogP contribution is 2.18. The predicted molar refractivity (Wildman–Crippen MR) is 72.3 cm³/mol. The standard InChI is InChI=1S/C15H20N2O/c1-3-12(2)17-10-9-14(16-17)11-15(18)13-7-5-4-6-8-13/h4-10,12,15,18H,3,11H2,1-2H3. The molecule has 1 aromatic heterocycles. The first kappa shape index (κ1) is 12.8. The number of rotatable bonds is 5. The monoisotopic (exact) mass is 244 g/mol. The molecule has 18 heavy (non-hydrogen) atoms. The Morgan fingerprint density at radius 3 is 2.61 bits per heavy atom. The van der Waals surface area contributed by atoms with E-state index in [-0.39, 0.29) is 0 Å². The Hall–Kier alpha value is -1.61. The molecule has 3 heteroatoms. The first-order valence-electron chi connectivity index (χ1n) is 6.47. The van der Waals surface area contributed by atoms with Crippen molar-refractivity contribution in [1.29, 1.82) is 0 Å². The minimum Gasteiger partial charge on any atom is -0.388 e. The van der Waals surface area contributed by atoms with Crippen LogP contribution in [0.5, 0.6) is 0 Å². The van der Waals surface area contributed by atoms with Crippen LogP contribution in [0.1, 0.15) is 43.7 Å². The zero-order valence-corrected chi connectivity index (χ0v) is 11.0. The van der Waals surface area contributed by atoms with Gasteiger partial charge in [0.15, 0.2) is 0 Å². The third-order valence-electron chi connectivity index (χ3n) is 3.29. The van der Waals surface area contributed by atoms with Crippen molar-refractivity contribution in [3.63, 3.8) is 0 Å². The van der Waals surface area contributed by atoms with Gasteiger partial charge in [-0.15, -0.1) is 0 Å². The van der Waals surface area contributed by atoms with E-state index in [0.29, 0.717) is 12.5 Å². The molecule has 2 unspecified atom stereocenters. The van der Waals surface area contributed by atoms with E-state index in [1.165, 1.54) is 0 Å². The van der Waals surface area contributed by atoms with Gasteiger partial charge in [-0.05, 0) is 25.0 Å². The molecule has 1 heterocycles. The van der Waals surface area contributed by atoms with E-state index in [4.69, 9.17) is 0 Å². The summed E-state index contributed by atoms with van der Waals surface area (Å²) in [5.74, 6) is 0. The first-order chi connectivity index (χ1) is 8.70. The molecule has 3 nitrogen and oxygen atoms in total. The Kier molecular flexibility index (Phi) is 4.15. The summed E-state index contributed by atoms with van der Waals surface area (Å²) in [7, 11) is 0. The minimum atomic E-state index is -0.480. The van der Waals surface area contributed by atoms with E-state index in [1.54, 1.807) is 0 Å². The van der Waals surface area contributed by atoms with Crippen LogP contribution >= 0.6 is 0 Å². The largest absolute Gasteiger partial charge is 0.388 e. The third-order valence-corrected chi connectivity index (χ3v) is 3.29. The second-order valence-electron chi connectivity index (χ2n) is 4.67. The van der Waals surface area contributed by atoms with Crippen LogP contribution in [-0.4, -0.2) is 14.9 Å². The summed E-state index contributed by atoms with van der Waals surface area (Å²) in [6.07, 6.45) is 3.13. The fourth-order valence-corrected chi connectivity index (χ4v) is 1.91. The molecule has 0 saturated carbocycles. The lowest BCUT2D eigenvalue weighted by molar-refractivity contribution is 0.177. The average molecular weight is 244 g/mol. The fraction of sp³-hybridized carbons (Fsp3) is 0.400. The van der Waals surface area contributed by atoms with Crippen molar-refractivity contribution in [3.05, 3.63) is 53.9 Å². The zero-order valence-electron chi connectivity index (χ0n) is 11.0. The molecule has 2 atom stereocenters. The van der Waals surface area contributed by atoms with E-state index in [0.717, 1.165) is 17.7 Å². The first-order valence-corrected chi connectivity index (χ1v) is 6.47. The van der Waals surface area contributed by atoms with Gasteiger partial charge in [-0.3, -0.25) is 4.68 Å². The van der Waals surface area contributed by atoms with Crippen LogP contribution in [0.2, 0.25) is 0 Å². The molecule has 2 rings (SSSR count). The summed E-state index contributed by atoms with van der Waals surface area (Å²) >= 11 is 0. The van der Waals surface area contributed by atoms with Gasteiger partial charge >= 0.3 is 0 Å². The Labute approximate surface area is 108 Å². The van der Waals surface area contributed by atoms with Gasteiger partial charge in [0, 0.05) is 18.7 Å². The van der Waals surface area contributed by atoms with Crippen molar-refractivity contribution in [1.82, 2.24) is 9.78 Å². The highest BCUT2D eigenvalue weighted by molar-refractivity contribution is 5.19. The molecule has 1 aromatic carbocycles. The number of benzene rings is 1. The van der Waals surface area contributed by atoms with Crippen molar-refractivity contribution in [2.75, 3.05) is 0 Å². The summed E-state index contributed by atoms with van der Waals surface area (Å²) in [4.78, 5) is 0. The lowest BCUT2D eigenvalue weighted by atomic mass is 10.1. The van der Waals surface area contributed by atoms with E-state index in [1.807, 2.05) is 47.3 Å². The smallest absolute Gasteiger partial charge is 0.0846 e. The maximum atomic E-state index is 10.1. The maximum absolute atomic E-state index is 10.1. The molecule has 0 spiro atoms. The molecule has 0 aliphatic rings. The molecule has 2 aromatic rings. The number of hydrogen-bond acceptors (Lipinski definition) is 2. The summed E-state index contributed by atoms with van der Waals surface area (Å²) in [5.41, 5.74) is 1.88. The predicted octanol–water partition coefficient (Wildman–Crippen LogP) is 3.13. The number of aliphatic hydroxyl groups is 1. The number of nitrogens with zero attached hydrogens (tertiary/aromatic N) is 2. The zero-order chi connectivity index (χ0) is 13.0. The van der Waals surface area contributed by atoms with Crippen molar-refractivity contribution in [3.8, 4) is 0 Å². The molecule has 96 valence electrons. The lowest BCUT2D eigenvalue weighted by Gasteiger charge is -2.10. The Morgan fingerprint density at radius 2 is 1.94 bits per heavy atom. The van der Waals surface area contributed by atoms with Crippen LogP contribution in [0.4, 0.5) is 0 Å². The van der Waals surface area contributed by atoms with Gasteiger partial charge in [-0.1, -0.05) is 37.3 Å². The summed E-state index contributed by atoms with van der Waals surface area (Å²) < 4.78 is 1.97. The Morgan fingerprint density at radius 1 is 1.22 bits per heavy atom. The second kappa shape index (κ2) is 5.83. The lowest BCUT2D eigenvalue weighted by Crippen LogP contribution is -2.07. The fourth-order valence-electron chi connectivity index (χ4n) is 1.91. The van der Waals surface area contributed by atoms with Crippen LogP contribution < -0.4 is 0 Å². The molecule has 0 amide bonds. The molecule has 0 fully saturated rings. The topological polar surface area (TPSA) is 38.0 Å². The summed E-state index contributed by atoms with van der Waals surface area (Å²) in [5, 5.41) is 14.6. The van der Waals surface area contributed by atoms with Crippen LogP contribution in [0, 0.1) is 0 Å². The SMILES string of the molecule is CCC(C)n1ccc(CC(O)c2ccccc2)n1. The molecular formula is C15H20N2O. The van der Waals surface area contributed by atoms with Crippen LogP contribution in [-0.2, 0) is 6.42 Å². The van der Waals surface area contributed by atoms with Crippen molar-refractivity contribution >= 4 is 0 Å². The second-order valence-corrected chi connectivity index (χ2v) is 4.67. The average Bonchev–Trinajstić information content (AvgIpc) is 2.87. The van der Waals surface area contributed by atoms with Crippen molar-refractivity contribution in [2.24, 2.45) is 0 Å². The Bertz CT molecular complexity index is 478. The normalized spacial score (nSPS) is 14.4. The van der Waals surface area contributed by atoms with E-state index in [2.05, 4.69) is 18.9 Å². The highest BCUT2D eigenvalue weighted by Gasteiger charge is 2.11. The molecule has 0 aliphatic heterocycles. The van der Waals surface area contributed by atoms with Crippen molar-refractivity contribution < 1.29 is 5.11 Å². The van der Waals surface area contributed by atoms with Gasteiger partial charge < -0.3 is 5.11 Å². The van der Waals surface area contributed by atoms with Crippen LogP contribution in [0.25, 0.3) is 0 Å². The van der Waals surface area contributed by atoms with Gasteiger partial charge in [0.25, 0.3) is 0 Å². The number of aliphatic hydroxyl groups excluding tert-OH is 1. The maximum Gasteiger partial charge on any atom is 0.0846 e. The van der Waals surface area contributed by atoms with Gasteiger partial charge in [0.1, 0.15) is 0 Å². The summed E-state index contributed by atoms with van der Waals surface area (Å²) in [6, 6.07) is 12.1. The Balaban J connectivity index is 2.03. The van der Waals surface area contributed by atoms with Gasteiger partial charge in [-0.25, -0.2) is 0 Å². The quantitative estimate of drug-likeness (QED) is 0.877. The van der Waals surface area contributed by atoms with Crippen LogP contribution in [0.15, 0.2) is 42.6 Å². The van der Waals surface area contributed by atoms with Crippen LogP contribution in [0.3, 0.4) is 0 Å². The van der Waals surface area contributed by atoms with E-state index in [9.17, 15) is 5.11 Å². The van der Waals surface area contributed by atoms with Crippen molar-refractivity contribution in [2.45, 2.75) is 38.8 Å². The summed E-state index contributed by atoms with van der Waals surface area (Å²) in [6.45, 7) is 4.29. The molecule has 0 radical (unpaired) electrons. The molecule has 0 saturated heterocycles. The van der Waals surface area contributed by atoms with Gasteiger partial charge in [0.05, 0.1) is 11.8 Å². The van der Waals surface area contributed by atoms with E-state index >= 15 is 0 Å². The highest BCUT2D eigenvalue weighted by atomic mass is 16.3. The number of hydrogen-bond donors (Lipinski definition) is 1. The van der Waals surface area contributed by atoms with Gasteiger partial charge in [-0.2, -0.15) is 5.10 Å². The minimum absolute atomic E-state index is 0.410. The molecular weight excluding hydrogens is 224 g/mol. The van der Waals surface area contributed by atoms with Gasteiger partial charge in [0.2, 0.25) is 0 Å². The molecule has 1 N–H and O–H groups in total. The third kappa shape index (κ3) is 2.99.